The van der Waals surface area contributed by atoms with Gasteiger partial charge in [-0.2, -0.15) is 5.26 Å². The van der Waals surface area contributed by atoms with Gasteiger partial charge in [-0.05, 0) is 18.2 Å². The molecular formula is C16H14N2OS. The molecule has 0 unspecified atom stereocenters. The summed E-state index contributed by atoms with van der Waals surface area (Å²) in [6, 6.07) is 11.8. The largest absolute Gasteiger partial charge is 0.384 e. The summed E-state index contributed by atoms with van der Waals surface area (Å²) in [5, 5.41) is 19.8. The van der Waals surface area contributed by atoms with Gasteiger partial charge < -0.3 is 10.0 Å². The SMILES string of the molecule is CN(Cc1cc(C#CCO)cs1)c1ccccc1C#N. The van der Waals surface area contributed by atoms with Crippen molar-refractivity contribution < 1.29 is 5.11 Å². The van der Waals surface area contributed by atoms with Crippen LogP contribution >= 0.6 is 11.3 Å². The molecule has 0 bridgehead atoms. The zero-order valence-corrected chi connectivity index (χ0v) is 11.9. The van der Waals surface area contributed by atoms with Gasteiger partial charge in [0, 0.05) is 22.9 Å². The lowest BCUT2D eigenvalue weighted by molar-refractivity contribution is 0.350. The lowest BCUT2D eigenvalue weighted by atomic mass is 10.2. The molecule has 2 aromatic rings. The Hall–Kier alpha value is -2.27. The van der Waals surface area contributed by atoms with E-state index in [1.54, 1.807) is 11.3 Å². The fourth-order valence-electron chi connectivity index (χ4n) is 1.89. The summed E-state index contributed by atoms with van der Waals surface area (Å²) in [5.41, 5.74) is 2.51. The van der Waals surface area contributed by atoms with E-state index in [1.807, 2.05) is 47.7 Å². The second kappa shape index (κ2) is 6.77. The van der Waals surface area contributed by atoms with Gasteiger partial charge in [0.05, 0.1) is 17.8 Å². The molecule has 20 heavy (non-hydrogen) atoms. The van der Waals surface area contributed by atoms with Gasteiger partial charge in [0.2, 0.25) is 0 Å². The van der Waals surface area contributed by atoms with E-state index in [0.29, 0.717) is 5.56 Å². The maximum absolute atomic E-state index is 9.12. The molecule has 0 aliphatic heterocycles. The summed E-state index contributed by atoms with van der Waals surface area (Å²) in [5.74, 6) is 5.53. The molecule has 100 valence electrons. The maximum Gasteiger partial charge on any atom is 0.104 e. The number of para-hydroxylation sites is 1. The van der Waals surface area contributed by atoms with Crippen LogP contribution in [0.15, 0.2) is 35.7 Å². The number of benzene rings is 1. The van der Waals surface area contributed by atoms with E-state index in [-0.39, 0.29) is 6.61 Å². The predicted molar refractivity (Wildman–Crippen MR) is 81.5 cm³/mol. The highest BCUT2D eigenvalue weighted by Gasteiger charge is 2.08. The highest BCUT2D eigenvalue weighted by atomic mass is 32.1. The molecule has 4 heteroatoms. The number of aliphatic hydroxyl groups is 1. The van der Waals surface area contributed by atoms with Gasteiger partial charge in [-0.15, -0.1) is 11.3 Å². The second-order valence-electron chi connectivity index (χ2n) is 4.25. The van der Waals surface area contributed by atoms with Crippen molar-refractivity contribution in [3.8, 4) is 17.9 Å². The molecular weight excluding hydrogens is 268 g/mol. The summed E-state index contributed by atoms with van der Waals surface area (Å²) in [6.45, 7) is 0.602. The Labute approximate surface area is 122 Å². The van der Waals surface area contributed by atoms with E-state index < -0.39 is 0 Å². The van der Waals surface area contributed by atoms with Gasteiger partial charge in [-0.1, -0.05) is 24.0 Å². The molecule has 0 saturated carbocycles. The molecule has 3 nitrogen and oxygen atoms in total. The second-order valence-corrected chi connectivity index (χ2v) is 5.24. The smallest absolute Gasteiger partial charge is 0.104 e. The fraction of sp³-hybridized carbons (Fsp3) is 0.188. The normalized spacial score (nSPS) is 9.45. The first kappa shape index (κ1) is 14.1. The van der Waals surface area contributed by atoms with Gasteiger partial charge in [0.15, 0.2) is 0 Å². The maximum atomic E-state index is 9.12. The van der Waals surface area contributed by atoms with Crippen LogP contribution in [0.25, 0.3) is 0 Å². The average Bonchev–Trinajstić information content (AvgIpc) is 2.92. The number of hydrogen-bond acceptors (Lipinski definition) is 4. The van der Waals surface area contributed by atoms with Crippen LogP contribution < -0.4 is 4.90 Å². The minimum atomic E-state index is -0.124. The molecule has 0 aliphatic carbocycles. The van der Waals surface area contributed by atoms with Gasteiger partial charge in [-0.3, -0.25) is 0 Å². The van der Waals surface area contributed by atoms with Crippen molar-refractivity contribution in [3.63, 3.8) is 0 Å². The number of thiophene rings is 1. The van der Waals surface area contributed by atoms with Crippen LogP contribution in [-0.4, -0.2) is 18.8 Å². The summed E-state index contributed by atoms with van der Waals surface area (Å²) in [7, 11) is 1.97. The van der Waals surface area contributed by atoms with Crippen LogP contribution in [0.5, 0.6) is 0 Å². The minimum absolute atomic E-state index is 0.124. The summed E-state index contributed by atoms with van der Waals surface area (Å²) in [4.78, 5) is 3.22. The standard InChI is InChI=1S/C16H14N2OS/c1-18(16-7-3-2-6-14(16)10-17)11-15-9-13(12-20-15)5-4-8-19/h2-3,6-7,9,12,19H,8,11H2,1H3. The third-order valence-corrected chi connectivity index (χ3v) is 3.72. The monoisotopic (exact) mass is 282 g/mol. The van der Waals surface area contributed by atoms with Crippen LogP contribution in [-0.2, 0) is 6.54 Å². The Morgan fingerprint density at radius 3 is 2.90 bits per heavy atom. The Bertz CT molecular complexity index is 688. The average molecular weight is 282 g/mol. The van der Waals surface area contributed by atoms with E-state index in [2.05, 4.69) is 17.9 Å². The molecule has 0 fully saturated rings. The number of hydrogen-bond donors (Lipinski definition) is 1. The molecule has 1 aromatic carbocycles. The third-order valence-electron chi connectivity index (χ3n) is 2.79. The molecule has 1 heterocycles. The number of anilines is 1. The Morgan fingerprint density at radius 2 is 2.15 bits per heavy atom. The Balaban J connectivity index is 2.13. The van der Waals surface area contributed by atoms with Gasteiger partial charge in [0.1, 0.15) is 12.7 Å². The summed E-state index contributed by atoms with van der Waals surface area (Å²) < 4.78 is 0. The Morgan fingerprint density at radius 1 is 1.35 bits per heavy atom. The summed E-state index contributed by atoms with van der Waals surface area (Å²) >= 11 is 1.63. The lowest BCUT2D eigenvalue weighted by Gasteiger charge is -2.19. The van der Waals surface area contributed by atoms with Crippen molar-refractivity contribution in [1.82, 2.24) is 0 Å². The quantitative estimate of drug-likeness (QED) is 0.880. The topological polar surface area (TPSA) is 47.3 Å². The number of aliphatic hydroxyl groups excluding tert-OH is 1. The molecule has 0 amide bonds. The lowest BCUT2D eigenvalue weighted by Crippen LogP contribution is -2.16. The van der Waals surface area contributed by atoms with Gasteiger partial charge in [-0.25, -0.2) is 0 Å². The molecule has 2 rings (SSSR count). The van der Waals surface area contributed by atoms with E-state index in [4.69, 9.17) is 10.4 Å². The van der Waals surface area contributed by atoms with Gasteiger partial charge >= 0.3 is 0 Å². The highest BCUT2D eigenvalue weighted by molar-refractivity contribution is 7.10. The van der Waals surface area contributed by atoms with E-state index >= 15 is 0 Å². The molecule has 0 aliphatic rings. The molecule has 0 spiro atoms. The molecule has 1 N–H and O–H groups in total. The molecule has 0 atom stereocenters. The number of nitriles is 1. The van der Waals surface area contributed by atoms with Crippen LogP contribution in [0.1, 0.15) is 16.0 Å². The minimum Gasteiger partial charge on any atom is -0.384 e. The van der Waals surface area contributed by atoms with Crippen molar-refractivity contribution in [2.45, 2.75) is 6.54 Å². The predicted octanol–water partition coefficient (Wildman–Crippen LogP) is 2.60. The Kier molecular flexibility index (Phi) is 4.79. The first-order valence-electron chi connectivity index (χ1n) is 6.12. The van der Waals surface area contributed by atoms with Crippen molar-refractivity contribution in [1.29, 1.82) is 5.26 Å². The third kappa shape index (κ3) is 3.39. The zero-order valence-electron chi connectivity index (χ0n) is 11.1. The highest BCUT2D eigenvalue weighted by Crippen LogP contribution is 2.22. The van der Waals surface area contributed by atoms with Crippen LogP contribution in [0.2, 0.25) is 0 Å². The van der Waals surface area contributed by atoms with Crippen LogP contribution in [0.4, 0.5) is 5.69 Å². The van der Waals surface area contributed by atoms with Gasteiger partial charge in [0.25, 0.3) is 0 Å². The number of rotatable bonds is 3. The molecule has 0 radical (unpaired) electrons. The summed E-state index contributed by atoms with van der Waals surface area (Å²) in [6.07, 6.45) is 0. The zero-order chi connectivity index (χ0) is 14.4. The first-order valence-corrected chi connectivity index (χ1v) is 7.00. The number of nitrogens with zero attached hydrogens (tertiary/aromatic N) is 2. The van der Waals surface area contributed by atoms with Crippen molar-refractivity contribution in [2.75, 3.05) is 18.6 Å². The van der Waals surface area contributed by atoms with E-state index in [9.17, 15) is 0 Å². The fourth-order valence-corrected chi connectivity index (χ4v) is 2.76. The molecule has 1 aromatic heterocycles. The molecule has 0 saturated heterocycles. The van der Waals surface area contributed by atoms with Crippen molar-refractivity contribution in [3.05, 3.63) is 51.7 Å². The van der Waals surface area contributed by atoms with Crippen LogP contribution in [0.3, 0.4) is 0 Å². The van der Waals surface area contributed by atoms with E-state index in [0.717, 1.165) is 17.8 Å². The van der Waals surface area contributed by atoms with E-state index in [1.165, 1.54) is 4.88 Å². The van der Waals surface area contributed by atoms with Crippen molar-refractivity contribution in [2.24, 2.45) is 0 Å². The van der Waals surface area contributed by atoms with Crippen molar-refractivity contribution >= 4 is 17.0 Å². The van der Waals surface area contributed by atoms with Crippen LogP contribution in [0, 0.1) is 23.2 Å². The first-order chi connectivity index (χ1) is 9.74.